The van der Waals surface area contributed by atoms with Crippen molar-refractivity contribution in [3.05, 3.63) is 36.5 Å². The molecule has 78 valence electrons. The SMILES string of the molecule is C[Si](C)(C)n1nncc1-c1ccccc1. The van der Waals surface area contributed by atoms with Crippen LogP contribution in [0, 0.1) is 0 Å². The quantitative estimate of drug-likeness (QED) is 0.724. The first kappa shape index (κ1) is 10.1. The van der Waals surface area contributed by atoms with Crippen molar-refractivity contribution in [3.63, 3.8) is 0 Å². The summed E-state index contributed by atoms with van der Waals surface area (Å²) in [5.74, 6) is 0. The predicted octanol–water partition coefficient (Wildman–Crippen LogP) is 2.63. The van der Waals surface area contributed by atoms with Crippen molar-refractivity contribution >= 4 is 8.24 Å². The van der Waals surface area contributed by atoms with E-state index in [9.17, 15) is 0 Å². The van der Waals surface area contributed by atoms with Gasteiger partial charge in [-0.05, 0) is 19.6 Å². The Hall–Kier alpha value is -1.42. The minimum absolute atomic E-state index is 1.12. The van der Waals surface area contributed by atoms with Crippen LogP contribution in [0.1, 0.15) is 0 Å². The number of nitrogens with zero attached hydrogens (tertiary/aromatic N) is 3. The minimum atomic E-state index is -1.47. The molecule has 4 heteroatoms. The van der Waals surface area contributed by atoms with Crippen LogP contribution in [0.3, 0.4) is 0 Å². The Morgan fingerprint density at radius 3 is 2.33 bits per heavy atom. The van der Waals surface area contributed by atoms with Crippen LogP contribution >= 0.6 is 0 Å². The number of benzene rings is 1. The Morgan fingerprint density at radius 1 is 1.07 bits per heavy atom. The van der Waals surface area contributed by atoms with Gasteiger partial charge in [-0.2, -0.15) is 0 Å². The molecule has 2 aromatic rings. The third-order valence-corrected chi connectivity index (χ3v) is 3.86. The molecule has 3 nitrogen and oxygen atoms in total. The summed E-state index contributed by atoms with van der Waals surface area (Å²) < 4.78 is 2.09. The van der Waals surface area contributed by atoms with Crippen molar-refractivity contribution < 1.29 is 0 Å². The van der Waals surface area contributed by atoms with Gasteiger partial charge in [-0.1, -0.05) is 35.5 Å². The van der Waals surface area contributed by atoms with Gasteiger partial charge in [-0.15, -0.1) is 5.10 Å². The van der Waals surface area contributed by atoms with Gasteiger partial charge in [0, 0.05) is 5.56 Å². The molecule has 0 atom stereocenters. The maximum absolute atomic E-state index is 4.19. The van der Waals surface area contributed by atoms with Crippen LogP contribution in [0.2, 0.25) is 19.6 Å². The maximum atomic E-state index is 4.19. The molecule has 0 aliphatic heterocycles. The van der Waals surface area contributed by atoms with E-state index >= 15 is 0 Å². The molecule has 15 heavy (non-hydrogen) atoms. The molecule has 0 bridgehead atoms. The van der Waals surface area contributed by atoms with E-state index < -0.39 is 8.24 Å². The number of aromatic nitrogens is 3. The second kappa shape index (κ2) is 3.62. The van der Waals surface area contributed by atoms with Gasteiger partial charge in [-0.3, -0.25) is 4.35 Å². The van der Waals surface area contributed by atoms with Crippen molar-refractivity contribution in [3.8, 4) is 11.3 Å². The Balaban J connectivity index is 2.51. The third-order valence-electron chi connectivity index (χ3n) is 2.25. The van der Waals surface area contributed by atoms with Gasteiger partial charge in [-0.25, -0.2) is 0 Å². The van der Waals surface area contributed by atoms with E-state index in [4.69, 9.17) is 0 Å². The van der Waals surface area contributed by atoms with Crippen LogP contribution in [0.4, 0.5) is 0 Å². The zero-order valence-electron chi connectivity index (χ0n) is 9.31. The lowest BCUT2D eigenvalue weighted by molar-refractivity contribution is 0.846. The Labute approximate surface area is 90.8 Å². The molecule has 0 saturated heterocycles. The summed E-state index contributed by atoms with van der Waals surface area (Å²) in [6.45, 7) is 6.77. The molecule has 2 rings (SSSR count). The lowest BCUT2D eigenvalue weighted by atomic mass is 10.2. The molecule has 0 N–H and O–H groups in total. The molecule has 0 radical (unpaired) electrons. The molecular weight excluding hydrogens is 202 g/mol. The van der Waals surface area contributed by atoms with Crippen LogP contribution in [0.25, 0.3) is 11.3 Å². The zero-order valence-corrected chi connectivity index (χ0v) is 10.3. The van der Waals surface area contributed by atoms with Gasteiger partial charge in [0.05, 0.1) is 11.9 Å². The van der Waals surface area contributed by atoms with Crippen LogP contribution < -0.4 is 0 Å². The fourth-order valence-electron chi connectivity index (χ4n) is 1.54. The van der Waals surface area contributed by atoms with Gasteiger partial charge in [0.25, 0.3) is 0 Å². The van der Waals surface area contributed by atoms with Crippen molar-refractivity contribution in [2.45, 2.75) is 19.6 Å². The molecular formula is C11H15N3Si. The van der Waals surface area contributed by atoms with Crippen LogP contribution in [-0.2, 0) is 0 Å². The molecule has 1 aromatic carbocycles. The summed E-state index contributed by atoms with van der Waals surface area (Å²) >= 11 is 0. The lowest BCUT2D eigenvalue weighted by Gasteiger charge is -2.18. The number of hydrogen-bond donors (Lipinski definition) is 0. The average molecular weight is 217 g/mol. The summed E-state index contributed by atoms with van der Waals surface area (Å²) in [4.78, 5) is 0. The summed E-state index contributed by atoms with van der Waals surface area (Å²) in [5, 5.41) is 8.20. The van der Waals surface area contributed by atoms with E-state index in [1.807, 2.05) is 24.4 Å². The molecule has 0 unspecified atom stereocenters. The first-order chi connectivity index (χ1) is 7.09. The molecule has 0 spiro atoms. The van der Waals surface area contributed by atoms with Crippen molar-refractivity contribution in [2.24, 2.45) is 0 Å². The second-order valence-corrected chi connectivity index (χ2v) is 9.33. The van der Waals surface area contributed by atoms with Crippen molar-refractivity contribution in [2.75, 3.05) is 0 Å². The second-order valence-electron chi connectivity index (χ2n) is 4.57. The first-order valence-corrected chi connectivity index (χ1v) is 8.50. The fourth-order valence-corrected chi connectivity index (χ4v) is 2.77. The van der Waals surface area contributed by atoms with Gasteiger partial charge in [0.2, 0.25) is 0 Å². The standard InChI is InChI=1S/C11H15N3Si/c1-15(2,3)14-11(9-12-13-14)10-7-5-4-6-8-10/h4-9H,1-3H3. The monoisotopic (exact) mass is 217 g/mol. The van der Waals surface area contributed by atoms with Crippen molar-refractivity contribution in [1.29, 1.82) is 0 Å². The molecule has 1 aromatic heterocycles. The Morgan fingerprint density at radius 2 is 1.73 bits per heavy atom. The highest BCUT2D eigenvalue weighted by Gasteiger charge is 2.21. The van der Waals surface area contributed by atoms with E-state index in [0.29, 0.717) is 0 Å². The largest absolute Gasteiger partial charge is 0.275 e. The molecule has 0 saturated carbocycles. The lowest BCUT2D eigenvalue weighted by Crippen LogP contribution is -2.33. The number of rotatable bonds is 2. The van der Waals surface area contributed by atoms with Crippen molar-refractivity contribution in [1.82, 2.24) is 14.7 Å². The van der Waals surface area contributed by atoms with Crippen LogP contribution in [0.5, 0.6) is 0 Å². The molecule has 0 aliphatic rings. The fraction of sp³-hybridized carbons (Fsp3) is 0.273. The highest BCUT2D eigenvalue weighted by atomic mass is 28.3. The van der Waals surface area contributed by atoms with Crippen LogP contribution in [0.15, 0.2) is 36.5 Å². The molecule has 0 amide bonds. The highest BCUT2D eigenvalue weighted by Crippen LogP contribution is 2.20. The summed E-state index contributed by atoms with van der Waals surface area (Å²) in [5.41, 5.74) is 2.31. The Bertz CT molecular complexity index is 442. The van der Waals surface area contributed by atoms with E-state index in [-0.39, 0.29) is 0 Å². The van der Waals surface area contributed by atoms with Crippen LogP contribution in [-0.4, -0.2) is 22.9 Å². The molecule has 1 heterocycles. The topological polar surface area (TPSA) is 30.7 Å². The van der Waals surface area contributed by atoms with E-state index in [0.717, 1.165) is 5.69 Å². The Kier molecular flexibility index (Phi) is 2.44. The number of hydrogen-bond acceptors (Lipinski definition) is 2. The molecule has 0 aliphatic carbocycles. The van der Waals surface area contributed by atoms with E-state index in [1.54, 1.807) is 0 Å². The predicted molar refractivity (Wildman–Crippen MR) is 64.2 cm³/mol. The minimum Gasteiger partial charge on any atom is -0.275 e. The van der Waals surface area contributed by atoms with E-state index in [1.165, 1.54) is 5.56 Å². The van der Waals surface area contributed by atoms with Gasteiger partial charge < -0.3 is 0 Å². The molecule has 0 fully saturated rings. The summed E-state index contributed by atoms with van der Waals surface area (Å²) in [6, 6.07) is 10.3. The summed E-state index contributed by atoms with van der Waals surface area (Å²) in [6.07, 6.45) is 1.84. The third kappa shape index (κ3) is 1.99. The summed E-state index contributed by atoms with van der Waals surface area (Å²) in [7, 11) is -1.47. The highest BCUT2D eigenvalue weighted by molar-refractivity contribution is 6.74. The van der Waals surface area contributed by atoms with Gasteiger partial charge >= 0.3 is 0 Å². The maximum Gasteiger partial charge on any atom is 0.179 e. The average Bonchev–Trinajstić information content (AvgIpc) is 2.67. The first-order valence-electron chi connectivity index (χ1n) is 5.05. The van der Waals surface area contributed by atoms with Gasteiger partial charge in [0.15, 0.2) is 8.24 Å². The van der Waals surface area contributed by atoms with E-state index in [2.05, 4.69) is 46.4 Å². The van der Waals surface area contributed by atoms with Gasteiger partial charge in [0.1, 0.15) is 0 Å². The normalized spacial score (nSPS) is 11.7. The zero-order chi connectivity index (χ0) is 10.9. The smallest absolute Gasteiger partial charge is 0.179 e.